The fourth-order valence-electron chi connectivity index (χ4n) is 7.25. The van der Waals surface area contributed by atoms with Gasteiger partial charge in [-0.3, -0.25) is 23.9 Å². The highest BCUT2D eigenvalue weighted by Gasteiger charge is 2.46. The molecule has 2 heterocycles. The molecule has 15 nitrogen and oxygen atoms in total. The van der Waals surface area contributed by atoms with Crippen LogP contribution in [0.25, 0.3) is 11.3 Å². The summed E-state index contributed by atoms with van der Waals surface area (Å²) in [5.74, 6) is -4.62. The molecule has 0 bridgehead atoms. The first kappa shape index (κ1) is 39.6. The molecule has 2 aliphatic carbocycles. The van der Waals surface area contributed by atoms with Crippen molar-refractivity contribution in [2.45, 2.75) is 114 Å². The molecule has 1 aromatic heterocycles. The van der Waals surface area contributed by atoms with Crippen molar-refractivity contribution in [3.63, 3.8) is 0 Å². The smallest absolute Gasteiger partial charge is 0.397 e. The number of carbonyl (C=O) groups is 5. The molecule has 2 aromatic carbocycles. The van der Waals surface area contributed by atoms with E-state index in [0.29, 0.717) is 36.9 Å². The topological polar surface area (TPSA) is 199 Å². The van der Waals surface area contributed by atoms with Gasteiger partial charge < -0.3 is 20.3 Å². The van der Waals surface area contributed by atoms with Crippen LogP contribution in [0, 0.1) is 5.92 Å². The van der Waals surface area contributed by atoms with Gasteiger partial charge >= 0.3 is 11.9 Å². The lowest BCUT2D eigenvalue weighted by Crippen LogP contribution is -2.59. The van der Waals surface area contributed by atoms with E-state index in [1.807, 2.05) is 30.3 Å². The van der Waals surface area contributed by atoms with Crippen LogP contribution in [-0.2, 0) is 45.2 Å². The number of nitrogens with zero attached hydrogens (tertiary/aromatic N) is 4. The molecular formula is C39H49N7O8S. The molecule has 3 aromatic rings. The molecule has 2 saturated carbocycles. The summed E-state index contributed by atoms with van der Waals surface area (Å²) in [7, 11) is -3.93. The van der Waals surface area contributed by atoms with Crippen molar-refractivity contribution in [1.82, 2.24) is 35.2 Å². The van der Waals surface area contributed by atoms with E-state index in [1.165, 1.54) is 4.90 Å². The van der Waals surface area contributed by atoms with Crippen LogP contribution in [0.1, 0.15) is 83.7 Å². The maximum atomic E-state index is 14.8. The summed E-state index contributed by atoms with van der Waals surface area (Å²) in [5.41, 5.74) is 1.16. The van der Waals surface area contributed by atoms with Gasteiger partial charge in [0.25, 0.3) is 5.91 Å². The number of carbonyl (C=O) groups excluding carboxylic acids is 5. The first-order valence-corrected chi connectivity index (χ1v) is 20.4. The third-order valence-electron chi connectivity index (χ3n) is 10.2. The summed E-state index contributed by atoms with van der Waals surface area (Å²) in [5, 5.41) is 13.4. The molecule has 3 N–H and O–H groups in total. The molecule has 3 fully saturated rings. The highest BCUT2D eigenvalue weighted by molar-refractivity contribution is 7.90. The lowest BCUT2D eigenvalue weighted by Gasteiger charge is -2.34. The molecule has 6 rings (SSSR count). The Labute approximate surface area is 321 Å². The van der Waals surface area contributed by atoms with E-state index >= 15 is 0 Å². The number of sulfonamides is 1. The van der Waals surface area contributed by atoms with E-state index < -0.39 is 74.6 Å². The van der Waals surface area contributed by atoms with Gasteiger partial charge in [0, 0.05) is 24.9 Å². The van der Waals surface area contributed by atoms with E-state index in [1.54, 1.807) is 62.0 Å². The van der Waals surface area contributed by atoms with Crippen molar-refractivity contribution < 1.29 is 37.1 Å². The third-order valence-corrected chi connectivity index (χ3v) is 12.0. The highest BCUT2D eigenvalue weighted by atomic mass is 32.2. The SMILES string of the molecule is CC(C)(C)OC(=O)C(=O)N[C@H](C(=O)N1C[C@@H](n2cc(-c3ccccc3)nn2)C[C@H]1C(=O)N[C@H](Cc1ccccc1)C(=O)NS(=O)(=O)C1CC1)C1CCCCC1. The normalized spacial score (nSPS) is 20.2. The van der Waals surface area contributed by atoms with Crippen molar-refractivity contribution in [2.75, 3.05) is 6.54 Å². The van der Waals surface area contributed by atoms with Gasteiger partial charge in [0.15, 0.2) is 0 Å². The van der Waals surface area contributed by atoms with E-state index in [9.17, 15) is 32.4 Å². The number of ether oxygens (including phenoxy) is 1. The van der Waals surface area contributed by atoms with Gasteiger partial charge in [-0.25, -0.2) is 17.9 Å². The van der Waals surface area contributed by atoms with Crippen molar-refractivity contribution in [2.24, 2.45) is 5.92 Å². The Morgan fingerprint density at radius 2 is 1.55 bits per heavy atom. The average molecular weight is 776 g/mol. The predicted octanol–water partition coefficient (Wildman–Crippen LogP) is 2.83. The zero-order chi connectivity index (χ0) is 39.3. The quantitative estimate of drug-likeness (QED) is 0.182. The number of benzene rings is 2. The van der Waals surface area contributed by atoms with Crippen molar-refractivity contribution in [1.29, 1.82) is 0 Å². The number of rotatable bonds is 12. The molecule has 16 heteroatoms. The maximum absolute atomic E-state index is 14.8. The van der Waals surface area contributed by atoms with Crippen LogP contribution in [0.15, 0.2) is 66.9 Å². The Kier molecular flexibility index (Phi) is 12.0. The molecule has 0 radical (unpaired) electrons. The van der Waals surface area contributed by atoms with E-state index in [0.717, 1.165) is 24.8 Å². The highest BCUT2D eigenvalue weighted by Crippen LogP contribution is 2.33. The Morgan fingerprint density at radius 3 is 2.18 bits per heavy atom. The fourth-order valence-corrected chi connectivity index (χ4v) is 8.59. The minimum Gasteiger partial charge on any atom is -0.453 e. The molecule has 1 aliphatic heterocycles. The Balaban J connectivity index is 1.30. The lowest BCUT2D eigenvalue weighted by molar-refractivity contribution is -0.164. The fraction of sp³-hybridized carbons (Fsp3) is 0.513. The average Bonchev–Trinajstić information content (AvgIpc) is 3.76. The number of likely N-dealkylation sites (tertiary alicyclic amines) is 1. The van der Waals surface area contributed by atoms with Crippen LogP contribution in [-0.4, -0.2) is 93.4 Å². The zero-order valence-corrected chi connectivity index (χ0v) is 32.2. The van der Waals surface area contributed by atoms with Crippen LogP contribution in [0.3, 0.4) is 0 Å². The summed E-state index contributed by atoms with van der Waals surface area (Å²) < 4.78 is 34.7. The standard InChI is InChI=1S/C39H49N7O8S/c1-39(2,3)54-38(51)36(49)41-33(27-17-11-6-12-18-27)37(50)45-23-28(46-24-31(42-44-46)26-15-9-5-10-16-26)22-32(45)35(48)40-30(21-25-13-7-4-8-14-25)34(47)43-55(52,53)29-19-20-29/h4-5,7-10,13-16,24,27-30,32-33H,6,11-12,17-23H2,1-3H3,(H,40,48)(H,41,49)(H,43,47)/t28-,30+,32-,33-/m0/s1. The molecule has 1 saturated heterocycles. The van der Waals surface area contributed by atoms with Crippen LogP contribution >= 0.6 is 0 Å². The molecule has 294 valence electrons. The summed E-state index contributed by atoms with van der Waals surface area (Å²) >= 11 is 0. The van der Waals surface area contributed by atoms with E-state index in [-0.39, 0.29) is 25.3 Å². The summed E-state index contributed by atoms with van der Waals surface area (Å²) in [4.78, 5) is 70.2. The van der Waals surface area contributed by atoms with Crippen LogP contribution in [0.2, 0.25) is 0 Å². The first-order valence-electron chi connectivity index (χ1n) is 18.9. The summed E-state index contributed by atoms with van der Waals surface area (Å²) in [6.45, 7) is 4.91. The zero-order valence-electron chi connectivity index (χ0n) is 31.3. The van der Waals surface area contributed by atoms with Gasteiger partial charge in [0.2, 0.25) is 21.8 Å². The van der Waals surface area contributed by atoms with Crippen molar-refractivity contribution >= 4 is 39.6 Å². The molecule has 55 heavy (non-hydrogen) atoms. The third kappa shape index (κ3) is 10.1. The number of aromatic nitrogens is 3. The monoisotopic (exact) mass is 775 g/mol. The minimum absolute atomic E-state index is 0.00560. The van der Waals surface area contributed by atoms with E-state index in [4.69, 9.17) is 4.74 Å². The Morgan fingerprint density at radius 1 is 0.891 bits per heavy atom. The van der Waals surface area contributed by atoms with Gasteiger partial charge in [-0.2, -0.15) is 0 Å². The second-order valence-electron chi connectivity index (χ2n) is 15.7. The second-order valence-corrected chi connectivity index (χ2v) is 17.6. The lowest BCUT2D eigenvalue weighted by atomic mass is 9.83. The minimum atomic E-state index is -3.93. The van der Waals surface area contributed by atoms with Crippen LogP contribution in [0.5, 0.6) is 0 Å². The molecule has 4 atom stereocenters. The van der Waals surface area contributed by atoms with Gasteiger partial charge in [-0.05, 0) is 57.9 Å². The molecule has 0 spiro atoms. The number of nitrogens with one attached hydrogen (secondary N) is 3. The maximum Gasteiger partial charge on any atom is 0.397 e. The van der Waals surface area contributed by atoms with Crippen molar-refractivity contribution in [3.8, 4) is 11.3 Å². The molecule has 3 aliphatic rings. The van der Waals surface area contributed by atoms with Gasteiger partial charge in [-0.1, -0.05) is 85.1 Å². The number of esters is 1. The number of hydrogen-bond acceptors (Lipinski definition) is 10. The number of amides is 4. The Bertz CT molecular complexity index is 1970. The summed E-state index contributed by atoms with van der Waals surface area (Å²) in [6, 6.07) is 14.2. The predicted molar refractivity (Wildman–Crippen MR) is 201 cm³/mol. The molecule has 0 unspecified atom stereocenters. The largest absolute Gasteiger partial charge is 0.453 e. The first-order chi connectivity index (χ1) is 26.2. The van der Waals surface area contributed by atoms with E-state index in [2.05, 4.69) is 25.7 Å². The van der Waals surface area contributed by atoms with Gasteiger partial charge in [0.1, 0.15) is 29.4 Å². The van der Waals surface area contributed by atoms with Gasteiger partial charge in [0.05, 0.1) is 17.5 Å². The summed E-state index contributed by atoms with van der Waals surface area (Å²) in [6.07, 6.45) is 6.55. The second kappa shape index (κ2) is 16.7. The van der Waals surface area contributed by atoms with Crippen LogP contribution in [0.4, 0.5) is 0 Å². The van der Waals surface area contributed by atoms with Crippen LogP contribution < -0.4 is 15.4 Å². The molecule has 4 amide bonds. The van der Waals surface area contributed by atoms with Crippen molar-refractivity contribution in [3.05, 3.63) is 72.4 Å². The van der Waals surface area contributed by atoms with Gasteiger partial charge in [-0.15, -0.1) is 5.10 Å². The number of hydrogen-bond donors (Lipinski definition) is 3. The molecular weight excluding hydrogens is 727 g/mol. The Hall–Kier alpha value is -5.12.